The fraction of sp³-hybridized carbons (Fsp3) is 0.250. The van der Waals surface area contributed by atoms with E-state index >= 15 is 0 Å². The van der Waals surface area contributed by atoms with Gasteiger partial charge in [0.15, 0.2) is 17.3 Å². The van der Waals surface area contributed by atoms with Crippen LogP contribution in [-0.2, 0) is 4.79 Å². The van der Waals surface area contributed by atoms with Crippen molar-refractivity contribution in [3.8, 4) is 11.5 Å². The molecule has 164 valence electrons. The second-order valence-electron chi connectivity index (χ2n) is 7.34. The van der Waals surface area contributed by atoms with Gasteiger partial charge in [0.1, 0.15) is 11.1 Å². The summed E-state index contributed by atoms with van der Waals surface area (Å²) in [5, 5.41) is 15.7. The highest BCUT2D eigenvalue weighted by molar-refractivity contribution is 8.26. The van der Waals surface area contributed by atoms with Crippen LogP contribution in [0.2, 0.25) is 0 Å². The number of carbonyl (C=O) groups is 1. The standard InChI is InChI=1S/C24H24N4O3S/c1-4-8-21-27-28-22(25)18(23(29)26-24(28)32-21)13-16-11-12-19(20(14-16)30-3)31-15(2)17-9-6-5-7-10-17/h5-7,9-15,25H,4,8H2,1-3H3/b18-13+,25-22?/t15-/m1/s1. The summed E-state index contributed by atoms with van der Waals surface area (Å²) in [4.78, 5) is 16.7. The van der Waals surface area contributed by atoms with Gasteiger partial charge >= 0.3 is 0 Å². The average molecular weight is 449 g/mol. The van der Waals surface area contributed by atoms with E-state index in [0.717, 1.165) is 23.4 Å². The van der Waals surface area contributed by atoms with Crippen LogP contribution in [0.25, 0.3) is 6.08 Å². The van der Waals surface area contributed by atoms with Gasteiger partial charge in [-0.15, -0.1) is 0 Å². The van der Waals surface area contributed by atoms with Crippen LogP contribution in [-0.4, -0.2) is 34.1 Å². The molecule has 1 amide bonds. The van der Waals surface area contributed by atoms with E-state index in [1.54, 1.807) is 25.3 Å². The highest BCUT2D eigenvalue weighted by Gasteiger charge is 2.35. The number of amidine groups is 2. The van der Waals surface area contributed by atoms with Crippen LogP contribution in [0.4, 0.5) is 0 Å². The second kappa shape index (κ2) is 9.40. The van der Waals surface area contributed by atoms with Crippen LogP contribution < -0.4 is 9.47 Å². The molecule has 7 nitrogen and oxygen atoms in total. The lowest BCUT2D eigenvalue weighted by atomic mass is 10.1. The minimum Gasteiger partial charge on any atom is -0.493 e. The summed E-state index contributed by atoms with van der Waals surface area (Å²) in [7, 11) is 1.57. The van der Waals surface area contributed by atoms with Crippen molar-refractivity contribution in [2.24, 2.45) is 10.1 Å². The van der Waals surface area contributed by atoms with Gasteiger partial charge in [-0.25, -0.2) is 0 Å². The fourth-order valence-corrected chi connectivity index (χ4v) is 4.35. The maximum atomic E-state index is 12.6. The summed E-state index contributed by atoms with van der Waals surface area (Å²) >= 11 is 1.35. The maximum absolute atomic E-state index is 12.6. The molecule has 2 heterocycles. The van der Waals surface area contributed by atoms with Gasteiger partial charge in [0.05, 0.1) is 12.7 Å². The van der Waals surface area contributed by atoms with Gasteiger partial charge in [0.2, 0.25) is 5.17 Å². The molecular weight excluding hydrogens is 424 g/mol. The zero-order valence-corrected chi connectivity index (χ0v) is 19.0. The van der Waals surface area contributed by atoms with Crippen LogP contribution in [0, 0.1) is 5.41 Å². The summed E-state index contributed by atoms with van der Waals surface area (Å²) in [6.45, 7) is 4.04. The van der Waals surface area contributed by atoms with Gasteiger partial charge in [-0.3, -0.25) is 10.2 Å². The van der Waals surface area contributed by atoms with Crippen molar-refractivity contribution >= 4 is 39.8 Å². The van der Waals surface area contributed by atoms with Crippen molar-refractivity contribution in [1.82, 2.24) is 5.01 Å². The average Bonchev–Trinajstić information content (AvgIpc) is 3.20. The topological polar surface area (TPSA) is 87.3 Å². The Morgan fingerprint density at radius 1 is 1.19 bits per heavy atom. The van der Waals surface area contributed by atoms with E-state index in [-0.39, 0.29) is 17.5 Å². The highest BCUT2D eigenvalue weighted by Crippen LogP contribution is 2.34. The minimum atomic E-state index is -0.446. The molecule has 2 aliphatic rings. The Bertz CT molecular complexity index is 1140. The number of nitrogens with one attached hydrogen (secondary N) is 1. The highest BCUT2D eigenvalue weighted by atomic mass is 32.2. The number of amides is 1. The maximum Gasteiger partial charge on any atom is 0.283 e. The number of methoxy groups -OCH3 is 1. The number of hydrazone groups is 1. The number of thioether (sulfide) groups is 1. The molecule has 0 saturated carbocycles. The van der Waals surface area contributed by atoms with Crippen molar-refractivity contribution < 1.29 is 14.3 Å². The molecule has 0 spiro atoms. The molecular formula is C24H24N4O3S. The Hall–Kier alpha value is -3.39. The molecule has 1 atom stereocenters. The molecule has 0 unspecified atom stereocenters. The lowest BCUT2D eigenvalue weighted by Gasteiger charge is -2.20. The molecule has 2 aromatic carbocycles. The summed E-state index contributed by atoms with van der Waals surface area (Å²) in [6.07, 6.45) is 3.21. The predicted octanol–water partition coefficient (Wildman–Crippen LogP) is 5.25. The Morgan fingerprint density at radius 3 is 2.69 bits per heavy atom. The number of nitrogens with zero attached hydrogens (tertiary/aromatic N) is 3. The van der Waals surface area contributed by atoms with Gasteiger partial charge in [0, 0.05) is 0 Å². The van der Waals surface area contributed by atoms with E-state index in [1.807, 2.05) is 43.3 Å². The Morgan fingerprint density at radius 2 is 1.97 bits per heavy atom. The number of benzene rings is 2. The summed E-state index contributed by atoms with van der Waals surface area (Å²) in [5.41, 5.74) is 1.95. The van der Waals surface area contributed by atoms with E-state index in [1.165, 1.54) is 16.8 Å². The van der Waals surface area contributed by atoms with E-state index in [9.17, 15) is 4.79 Å². The quantitative estimate of drug-likeness (QED) is 0.584. The molecule has 0 aromatic heterocycles. The van der Waals surface area contributed by atoms with Gasteiger partial charge in [0.25, 0.3) is 5.91 Å². The first kappa shape index (κ1) is 21.8. The van der Waals surface area contributed by atoms with E-state index in [0.29, 0.717) is 22.2 Å². The molecule has 0 saturated heterocycles. The molecule has 32 heavy (non-hydrogen) atoms. The number of ether oxygens (including phenoxy) is 2. The van der Waals surface area contributed by atoms with Crippen molar-refractivity contribution in [1.29, 1.82) is 5.41 Å². The summed E-state index contributed by atoms with van der Waals surface area (Å²) in [6, 6.07) is 15.3. The SMILES string of the molecule is CCCC1=NN2C(=N)/C(=C\c3ccc(O[C@H](C)c4ccccc4)c(OC)c3)C(=O)N=C2S1. The largest absolute Gasteiger partial charge is 0.493 e. The predicted molar refractivity (Wildman–Crippen MR) is 128 cm³/mol. The van der Waals surface area contributed by atoms with Gasteiger partial charge in [-0.1, -0.05) is 43.3 Å². The summed E-state index contributed by atoms with van der Waals surface area (Å²) in [5.74, 6) is 0.719. The number of hydrogen-bond acceptors (Lipinski definition) is 6. The van der Waals surface area contributed by atoms with E-state index in [4.69, 9.17) is 14.9 Å². The zero-order valence-electron chi connectivity index (χ0n) is 18.2. The molecule has 2 aliphatic heterocycles. The third-order valence-corrected chi connectivity index (χ3v) is 6.00. The van der Waals surface area contributed by atoms with Crippen molar-refractivity contribution in [2.45, 2.75) is 32.8 Å². The van der Waals surface area contributed by atoms with Crippen LogP contribution in [0.3, 0.4) is 0 Å². The number of hydrogen-bond donors (Lipinski definition) is 1. The zero-order chi connectivity index (χ0) is 22.7. The van der Waals surface area contributed by atoms with Crippen LogP contribution in [0.5, 0.6) is 11.5 Å². The molecule has 0 radical (unpaired) electrons. The summed E-state index contributed by atoms with van der Waals surface area (Å²) < 4.78 is 11.6. The first-order valence-electron chi connectivity index (χ1n) is 10.4. The molecule has 8 heteroatoms. The van der Waals surface area contributed by atoms with Crippen LogP contribution in [0.15, 0.2) is 64.2 Å². The van der Waals surface area contributed by atoms with E-state index < -0.39 is 5.91 Å². The molecule has 0 aliphatic carbocycles. The number of fused-ring (bicyclic) bond motifs is 1. The molecule has 1 N–H and O–H groups in total. The number of carbonyl (C=O) groups excluding carboxylic acids is 1. The normalized spacial score (nSPS) is 17.7. The lowest BCUT2D eigenvalue weighted by molar-refractivity contribution is -0.114. The van der Waals surface area contributed by atoms with Gasteiger partial charge in [-0.05, 0) is 60.9 Å². The Labute approximate surface area is 191 Å². The first-order valence-corrected chi connectivity index (χ1v) is 11.2. The Balaban J connectivity index is 1.58. The van der Waals surface area contributed by atoms with Gasteiger partial charge < -0.3 is 9.47 Å². The third kappa shape index (κ3) is 4.45. The van der Waals surface area contributed by atoms with Crippen molar-refractivity contribution in [2.75, 3.05) is 7.11 Å². The number of aliphatic imine (C=N–C) groups is 1. The third-order valence-electron chi connectivity index (χ3n) is 5.03. The van der Waals surface area contributed by atoms with Crippen LogP contribution >= 0.6 is 11.8 Å². The lowest BCUT2D eigenvalue weighted by Crippen LogP contribution is -2.35. The molecule has 0 fully saturated rings. The monoisotopic (exact) mass is 448 g/mol. The minimum absolute atomic E-state index is 0.0237. The van der Waals surface area contributed by atoms with Crippen molar-refractivity contribution in [3.05, 3.63) is 65.2 Å². The number of rotatable bonds is 7. The molecule has 2 aromatic rings. The van der Waals surface area contributed by atoms with Crippen LogP contribution in [0.1, 0.15) is 43.9 Å². The van der Waals surface area contributed by atoms with E-state index in [2.05, 4.69) is 17.0 Å². The fourth-order valence-electron chi connectivity index (χ4n) is 3.37. The first-order chi connectivity index (χ1) is 15.5. The molecule has 4 rings (SSSR count). The van der Waals surface area contributed by atoms with Gasteiger partial charge in [-0.2, -0.15) is 15.1 Å². The smallest absolute Gasteiger partial charge is 0.283 e. The molecule has 0 bridgehead atoms. The Kier molecular flexibility index (Phi) is 6.41. The van der Waals surface area contributed by atoms with Crippen molar-refractivity contribution in [3.63, 3.8) is 0 Å². The second-order valence-corrected chi connectivity index (χ2v) is 8.39.